The van der Waals surface area contributed by atoms with Gasteiger partial charge in [-0.2, -0.15) is 0 Å². The Hall–Kier alpha value is -2.23. The Kier molecular flexibility index (Phi) is 2.91. The third-order valence-electron chi connectivity index (χ3n) is 2.11. The molecule has 80 valence electrons. The number of halogens is 1. The van der Waals surface area contributed by atoms with Crippen LogP contribution in [0.3, 0.4) is 0 Å². The Morgan fingerprint density at radius 2 is 2.12 bits per heavy atom. The highest BCUT2D eigenvalue weighted by Crippen LogP contribution is 2.15. The number of allylic oxidation sites excluding steroid dienone is 1. The van der Waals surface area contributed by atoms with Gasteiger partial charge < -0.3 is 0 Å². The molecule has 0 aliphatic rings. The van der Waals surface area contributed by atoms with Gasteiger partial charge in [0.25, 0.3) is 0 Å². The molecule has 0 saturated carbocycles. The number of aldehydes is 1. The number of hydrogen-bond donors (Lipinski definition) is 0. The molecule has 0 amide bonds. The fourth-order valence-corrected chi connectivity index (χ4v) is 1.41. The quantitative estimate of drug-likeness (QED) is 0.582. The molecular formula is C12H9FN2O. The van der Waals surface area contributed by atoms with Crippen molar-refractivity contribution in [3.63, 3.8) is 0 Å². The molecule has 2 rings (SSSR count). The number of rotatable bonds is 3. The maximum Gasteiger partial charge on any atom is 0.147 e. The third-order valence-corrected chi connectivity index (χ3v) is 2.11. The molecule has 0 unspecified atom stereocenters. The molecule has 4 heteroatoms. The van der Waals surface area contributed by atoms with E-state index in [0.717, 1.165) is 0 Å². The van der Waals surface area contributed by atoms with Crippen molar-refractivity contribution in [2.75, 3.05) is 0 Å². The number of aromatic nitrogens is 2. The van der Waals surface area contributed by atoms with E-state index < -0.39 is 0 Å². The van der Waals surface area contributed by atoms with Gasteiger partial charge in [-0.1, -0.05) is 12.1 Å². The average Bonchev–Trinajstić information content (AvgIpc) is 2.75. The standard InChI is InChI=1S/C12H9FN2O/c13-10-4-1-2-5-11(10)15-8-7-14-12(15)6-3-9-16/h1-9H/b6-3+. The molecule has 0 spiro atoms. The summed E-state index contributed by atoms with van der Waals surface area (Å²) >= 11 is 0. The minimum absolute atomic E-state index is 0.332. The SMILES string of the molecule is O=C/C=C/c1nccn1-c1ccccc1F. The van der Waals surface area contributed by atoms with E-state index in [1.807, 2.05) is 0 Å². The maximum absolute atomic E-state index is 13.5. The zero-order valence-corrected chi connectivity index (χ0v) is 8.38. The fourth-order valence-electron chi connectivity index (χ4n) is 1.41. The van der Waals surface area contributed by atoms with Crippen LogP contribution in [0, 0.1) is 5.82 Å². The molecule has 1 heterocycles. The second kappa shape index (κ2) is 4.53. The van der Waals surface area contributed by atoms with Crippen LogP contribution in [0.1, 0.15) is 5.82 Å². The lowest BCUT2D eigenvalue weighted by Crippen LogP contribution is -1.98. The molecule has 0 saturated heterocycles. The number of benzene rings is 1. The first-order valence-corrected chi connectivity index (χ1v) is 4.73. The monoisotopic (exact) mass is 216 g/mol. The summed E-state index contributed by atoms with van der Waals surface area (Å²) in [4.78, 5) is 14.2. The predicted molar refractivity (Wildman–Crippen MR) is 58.6 cm³/mol. The summed E-state index contributed by atoms with van der Waals surface area (Å²) in [6, 6.07) is 6.39. The number of para-hydroxylation sites is 1. The topological polar surface area (TPSA) is 34.9 Å². The highest BCUT2D eigenvalue weighted by molar-refractivity contribution is 5.72. The van der Waals surface area contributed by atoms with Crippen LogP contribution in [-0.2, 0) is 4.79 Å². The maximum atomic E-state index is 13.5. The lowest BCUT2D eigenvalue weighted by molar-refractivity contribution is -0.104. The Bertz CT molecular complexity index is 531. The van der Waals surface area contributed by atoms with Crippen LogP contribution in [0.25, 0.3) is 11.8 Å². The van der Waals surface area contributed by atoms with E-state index in [4.69, 9.17) is 0 Å². The molecule has 0 N–H and O–H groups in total. The van der Waals surface area contributed by atoms with Crippen LogP contribution in [0.5, 0.6) is 0 Å². The number of nitrogens with zero attached hydrogens (tertiary/aromatic N) is 2. The van der Waals surface area contributed by atoms with Crippen LogP contribution in [-0.4, -0.2) is 15.8 Å². The summed E-state index contributed by atoms with van der Waals surface area (Å²) in [6.07, 6.45) is 6.69. The highest BCUT2D eigenvalue weighted by atomic mass is 19.1. The van der Waals surface area contributed by atoms with Gasteiger partial charge in [-0.3, -0.25) is 9.36 Å². The molecule has 1 aromatic carbocycles. The van der Waals surface area contributed by atoms with E-state index >= 15 is 0 Å². The smallest absolute Gasteiger partial charge is 0.147 e. The zero-order chi connectivity index (χ0) is 11.4. The van der Waals surface area contributed by atoms with Gasteiger partial charge in [0.1, 0.15) is 17.9 Å². The van der Waals surface area contributed by atoms with Crippen molar-refractivity contribution in [2.45, 2.75) is 0 Å². The summed E-state index contributed by atoms with van der Waals surface area (Å²) in [7, 11) is 0. The van der Waals surface area contributed by atoms with Crippen LogP contribution in [0.4, 0.5) is 4.39 Å². The van der Waals surface area contributed by atoms with Crippen molar-refractivity contribution in [1.29, 1.82) is 0 Å². The summed E-state index contributed by atoms with van der Waals surface area (Å²) in [5.41, 5.74) is 0.408. The van der Waals surface area contributed by atoms with Gasteiger partial charge >= 0.3 is 0 Å². The molecule has 2 aromatic rings. The molecule has 1 aromatic heterocycles. The number of imidazole rings is 1. The molecule has 0 bridgehead atoms. The number of carbonyl (C=O) groups excluding carboxylic acids is 1. The molecule has 0 aliphatic heterocycles. The average molecular weight is 216 g/mol. The Morgan fingerprint density at radius 1 is 1.31 bits per heavy atom. The number of hydrogen-bond acceptors (Lipinski definition) is 2. The van der Waals surface area contributed by atoms with Gasteiger partial charge in [0.05, 0.1) is 5.69 Å². The van der Waals surface area contributed by atoms with Crippen LogP contribution in [0.15, 0.2) is 42.7 Å². The minimum atomic E-state index is -0.332. The van der Waals surface area contributed by atoms with E-state index in [1.54, 1.807) is 35.2 Å². The normalized spacial score (nSPS) is 10.8. The van der Waals surface area contributed by atoms with E-state index in [1.165, 1.54) is 18.2 Å². The second-order valence-corrected chi connectivity index (χ2v) is 3.10. The first-order valence-electron chi connectivity index (χ1n) is 4.73. The molecule has 3 nitrogen and oxygen atoms in total. The van der Waals surface area contributed by atoms with Gasteiger partial charge in [0.15, 0.2) is 0 Å². The Balaban J connectivity index is 2.49. The van der Waals surface area contributed by atoms with Gasteiger partial charge in [0.2, 0.25) is 0 Å². The van der Waals surface area contributed by atoms with Crippen molar-refractivity contribution >= 4 is 12.4 Å². The molecule has 0 radical (unpaired) electrons. The highest BCUT2D eigenvalue weighted by Gasteiger charge is 2.05. The van der Waals surface area contributed by atoms with Crippen molar-refractivity contribution in [2.24, 2.45) is 0 Å². The fraction of sp³-hybridized carbons (Fsp3) is 0. The van der Waals surface area contributed by atoms with Crippen molar-refractivity contribution in [3.8, 4) is 5.69 Å². The van der Waals surface area contributed by atoms with Crippen molar-refractivity contribution < 1.29 is 9.18 Å². The van der Waals surface area contributed by atoms with Gasteiger partial charge in [0, 0.05) is 12.4 Å². The molecule has 0 aliphatic carbocycles. The Labute approximate surface area is 91.9 Å². The first kappa shape index (κ1) is 10.3. The van der Waals surface area contributed by atoms with E-state index in [9.17, 15) is 9.18 Å². The minimum Gasteiger partial charge on any atom is -0.299 e. The summed E-state index contributed by atoms with van der Waals surface area (Å²) in [5.74, 6) is 0.179. The predicted octanol–water partition coefficient (Wildman–Crippen LogP) is 2.22. The van der Waals surface area contributed by atoms with Gasteiger partial charge in [-0.05, 0) is 24.3 Å². The van der Waals surface area contributed by atoms with Gasteiger partial charge in [-0.25, -0.2) is 9.37 Å². The Morgan fingerprint density at radius 3 is 2.88 bits per heavy atom. The van der Waals surface area contributed by atoms with Crippen molar-refractivity contribution in [1.82, 2.24) is 9.55 Å². The third kappa shape index (κ3) is 1.91. The van der Waals surface area contributed by atoms with Crippen LogP contribution < -0.4 is 0 Å². The van der Waals surface area contributed by atoms with E-state index in [2.05, 4.69) is 4.98 Å². The van der Waals surface area contributed by atoms with Crippen LogP contribution >= 0.6 is 0 Å². The summed E-state index contributed by atoms with van der Waals surface area (Å²) in [6.45, 7) is 0. The molecule has 0 atom stereocenters. The van der Waals surface area contributed by atoms with Gasteiger partial charge in [-0.15, -0.1) is 0 Å². The summed E-state index contributed by atoms with van der Waals surface area (Å²) in [5, 5.41) is 0. The van der Waals surface area contributed by atoms with Crippen LogP contribution in [0.2, 0.25) is 0 Å². The zero-order valence-electron chi connectivity index (χ0n) is 8.38. The summed E-state index contributed by atoms with van der Waals surface area (Å²) < 4.78 is 15.1. The van der Waals surface area contributed by atoms with E-state index in [0.29, 0.717) is 17.8 Å². The lowest BCUT2D eigenvalue weighted by atomic mass is 10.3. The van der Waals surface area contributed by atoms with Crippen molar-refractivity contribution in [3.05, 3.63) is 54.4 Å². The first-order chi connectivity index (χ1) is 7.83. The lowest BCUT2D eigenvalue weighted by Gasteiger charge is -2.05. The molecular weight excluding hydrogens is 207 g/mol. The largest absolute Gasteiger partial charge is 0.299 e. The molecule has 16 heavy (non-hydrogen) atoms. The molecule has 0 fully saturated rings. The number of carbonyl (C=O) groups is 1. The van der Waals surface area contributed by atoms with E-state index in [-0.39, 0.29) is 5.82 Å². The second-order valence-electron chi connectivity index (χ2n) is 3.10.